The van der Waals surface area contributed by atoms with E-state index in [0.29, 0.717) is 0 Å². The highest BCUT2D eigenvalue weighted by Gasteiger charge is 2.15. The molecule has 1 aromatic carbocycles. The van der Waals surface area contributed by atoms with Crippen LogP contribution in [0.15, 0.2) is 107 Å². The molecular weight excluding hydrogens is 458 g/mol. The van der Waals surface area contributed by atoms with Gasteiger partial charge in [-0.15, -0.1) is 0 Å². The third-order valence-electron chi connectivity index (χ3n) is 5.11. The maximum Gasteiger partial charge on any atom is 0.265 e. The van der Waals surface area contributed by atoms with Gasteiger partial charge in [0.15, 0.2) is 4.77 Å². The number of allylic oxidation sites excluding steroid dienone is 3. The first-order chi connectivity index (χ1) is 17.1. The highest BCUT2D eigenvalue weighted by atomic mass is 32.1. The molecule has 3 heterocycles. The van der Waals surface area contributed by atoms with Crippen molar-refractivity contribution in [2.45, 2.75) is 13.1 Å². The van der Waals surface area contributed by atoms with Crippen LogP contribution in [-0.2, 0) is 13.1 Å². The molecule has 0 radical (unpaired) electrons. The standard InChI is InChI=1S/C27H23N5O2S/c33-25-24(13-5-2-6-16-30-23-11-3-1-4-12-23)26(34)32(20-22-10-8-15-29-18-22)27(35)31(25)19-21-9-7-14-28-17-21/h1-18,33H,19-20H2/b6-2-,13-5+,30-16?. The molecule has 0 saturated heterocycles. The normalized spacial score (nSPS) is 11.7. The number of aliphatic imine (C=N–C) groups is 1. The Bertz CT molecular complexity index is 1480. The molecule has 0 amide bonds. The van der Waals surface area contributed by atoms with E-state index in [9.17, 15) is 9.90 Å². The van der Waals surface area contributed by atoms with Crippen molar-refractivity contribution in [1.29, 1.82) is 0 Å². The maximum absolute atomic E-state index is 13.3. The van der Waals surface area contributed by atoms with Gasteiger partial charge >= 0.3 is 0 Å². The van der Waals surface area contributed by atoms with Gasteiger partial charge in [-0.3, -0.25) is 28.9 Å². The Hall–Kier alpha value is -4.43. The lowest BCUT2D eigenvalue weighted by molar-refractivity contribution is 0.403. The van der Waals surface area contributed by atoms with Crippen molar-refractivity contribution in [3.63, 3.8) is 0 Å². The topological polar surface area (TPSA) is 85.3 Å². The van der Waals surface area contributed by atoms with E-state index in [1.165, 1.54) is 9.13 Å². The molecule has 0 atom stereocenters. The van der Waals surface area contributed by atoms with Gasteiger partial charge in [-0.25, -0.2) is 0 Å². The summed E-state index contributed by atoms with van der Waals surface area (Å²) >= 11 is 5.61. The largest absolute Gasteiger partial charge is 0.494 e. The number of pyridine rings is 2. The molecule has 4 aromatic rings. The molecule has 0 spiro atoms. The molecule has 0 aliphatic heterocycles. The number of benzene rings is 1. The average Bonchev–Trinajstić information content (AvgIpc) is 2.90. The molecule has 3 aromatic heterocycles. The predicted molar refractivity (Wildman–Crippen MR) is 141 cm³/mol. The summed E-state index contributed by atoms with van der Waals surface area (Å²) in [4.78, 5) is 25.9. The van der Waals surface area contributed by atoms with Crippen LogP contribution in [0.3, 0.4) is 0 Å². The first kappa shape index (κ1) is 23.7. The molecule has 7 nitrogen and oxygen atoms in total. The van der Waals surface area contributed by atoms with Crippen LogP contribution in [0, 0.1) is 4.77 Å². The van der Waals surface area contributed by atoms with Crippen LogP contribution >= 0.6 is 12.2 Å². The molecule has 0 bridgehead atoms. The molecular formula is C27H23N5O2S. The number of rotatable bonds is 8. The van der Waals surface area contributed by atoms with Crippen molar-refractivity contribution in [3.05, 3.63) is 129 Å². The van der Waals surface area contributed by atoms with E-state index in [-0.39, 0.29) is 34.9 Å². The highest BCUT2D eigenvalue weighted by Crippen LogP contribution is 2.19. The Labute approximate surface area is 207 Å². The van der Waals surface area contributed by atoms with Crippen molar-refractivity contribution >= 4 is 30.2 Å². The number of para-hydroxylation sites is 1. The number of aromatic nitrogens is 4. The van der Waals surface area contributed by atoms with Crippen LogP contribution in [0.4, 0.5) is 5.69 Å². The number of aromatic hydroxyl groups is 1. The molecule has 8 heteroatoms. The fourth-order valence-corrected chi connectivity index (χ4v) is 3.69. The minimum atomic E-state index is -0.388. The van der Waals surface area contributed by atoms with Gasteiger partial charge in [0.25, 0.3) is 5.56 Å². The predicted octanol–water partition coefficient (Wildman–Crippen LogP) is 4.94. The zero-order valence-corrected chi connectivity index (χ0v) is 19.6. The summed E-state index contributed by atoms with van der Waals surface area (Å²) in [6, 6.07) is 16.9. The van der Waals surface area contributed by atoms with Gasteiger partial charge in [-0.05, 0) is 59.8 Å². The van der Waals surface area contributed by atoms with E-state index in [0.717, 1.165) is 16.8 Å². The van der Waals surface area contributed by atoms with Gasteiger partial charge in [-0.2, -0.15) is 0 Å². The van der Waals surface area contributed by atoms with Crippen molar-refractivity contribution in [1.82, 2.24) is 19.1 Å². The van der Waals surface area contributed by atoms with Crippen molar-refractivity contribution in [3.8, 4) is 5.88 Å². The van der Waals surface area contributed by atoms with Gasteiger partial charge in [0, 0.05) is 31.0 Å². The maximum atomic E-state index is 13.3. The average molecular weight is 482 g/mol. The third kappa shape index (κ3) is 6.13. The lowest BCUT2D eigenvalue weighted by atomic mass is 10.2. The van der Waals surface area contributed by atoms with Crippen LogP contribution in [0.5, 0.6) is 5.88 Å². The first-order valence-electron chi connectivity index (χ1n) is 10.9. The molecule has 0 aliphatic carbocycles. The van der Waals surface area contributed by atoms with Gasteiger partial charge in [-0.1, -0.05) is 42.5 Å². The van der Waals surface area contributed by atoms with E-state index in [1.807, 2.05) is 48.5 Å². The molecule has 0 unspecified atom stereocenters. The monoisotopic (exact) mass is 481 g/mol. The Morgan fingerprint density at radius 1 is 0.857 bits per heavy atom. The Morgan fingerprint density at radius 2 is 1.51 bits per heavy atom. The number of nitrogens with zero attached hydrogens (tertiary/aromatic N) is 5. The second-order valence-electron chi connectivity index (χ2n) is 7.58. The second kappa shape index (κ2) is 11.6. The smallest absolute Gasteiger partial charge is 0.265 e. The van der Waals surface area contributed by atoms with Crippen LogP contribution in [-0.4, -0.2) is 30.4 Å². The SMILES string of the molecule is O=c1c(/C=C/C=C\C=Nc2ccccc2)c(O)n(Cc2cccnc2)c(=S)n1Cc1cccnc1. The zero-order chi connectivity index (χ0) is 24.5. The third-order valence-corrected chi connectivity index (χ3v) is 5.55. The fraction of sp³-hybridized carbons (Fsp3) is 0.0741. The minimum Gasteiger partial charge on any atom is -0.494 e. The molecule has 0 saturated carbocycles. The van der Waals surface area contributed by atoms with E-state index < -0.39 is 0 Å². The Morgan fingerprint density at radius 3 is 2.14 bits per heavy atom. The fourth-order valence-electron chi connectivity index (χ4n) is 3.39. The molecule has 1 N–H and O–H groups in total. The van der Waals surface area contributed by atoms with Gasteiger partial charge in [0.1, 0.15) is 5.56 Å². The van der Waals surface area contributed by atoms with Crippen LogP contribution in [0.2, 0.25) is 0 Å². The van der Waals surface area contributed by atoms with E-state index in [1.54, 1.807) is 61.4 Å². The van der Waals surface area contributed by atoms with E-state index in [2.05, 4.69) is 15.0 Å². The van der Waals surface area contributed by atoms with Gasteiger partial charge in [0.2, 0.25) is 5.88 Å². The lowest BCUT2D eigenvalue weighted by Gasteiger charge is -2.16. The summed E-state index contributed by atoms with van der Waals surface area (Å²) in [6.45, 7) is 0.505. The summed E-state index contributed by atoms with van der Waals surface area (Å²) in [7, 11) is 0. The van der Waals surface area contributed by atoms with Crippen LogP contribution in [0.25, 0.3) is 6.08 Å². The highest BCUT2D eigenvalue weighted by molar-refractivity contribution is 7.71. The molecule has 35 heavy (non-hydrogen) atoms. The van der Waals surface area contributed by atoms with Gasteiger partial charge < -0.3 is 5.11 Å². The molecule has 4 rings (SSSR count). The van der Waals surface area contributed by atoms with Crippen molar-refractivity contribution in [2.75, 3.05) is 0 Å². The first-order valence-corrected chi connectivity index (χ1v) is 11.3. The second-order valence-corrected chi connectivity index (χ2v) is 7.94. The van der Waals surface area contributed by atoms with Gasteiger partial charge in [0.05, 0.1) is 18.8 Å². The number of hydrogen-bond donors (Lipinski definition) is 1. The molecule has 0 fully saturated rings. The Balaban J connectivity index is 1.68. The number of hydrogen-bond acceptors (Lipinski definition) is 6. The van der Waals surface area contributed by atoms with Crippen LogP contribution in [0.1, 0.15) is 16.7 Å². The van der Waals surface area contributed by atoms with Crippen molar-refractivity contribution in [2.24, 2.45) is 4.99 Å². The molecule has 0 aliphatic rings. The lowest BCUT2D eigenvalue weighted by Crippen LogP contribution is -2.28. The zero-order valence-electron chi connectivity index (χ0n) is 18.8. The Kier molecular flexibility index (Phi) is 7.88. The summed E-state index contributed by atoms with van der Waals surface area (Å²) in [5, 5.41) is 11.0. The molecule has 174 valence electrons. The van der Waals surface area contributed by atoms with Crippen molar-refractivity contribution < 1.29 is 5.11 Å². The summed E-state index contributed by atoms with van der Waals surface area (Å²) in [5.74, 6) is -0.200. The summed E-state index contributed by atoms with van der Waals surface area (Å²) in [5.41, 5.74) is 2.26. The summed E-state index contributed by atoms with van der Waals surface area (Å²) in [6.07, 6.45) is 15.1. The van der Waals surface area contributed by atoms with Crippen LogP contribution < -0.4 is 5.56 Å². The van der Waals surface area contributed by atoms with E-state index >= 15 is 0 Å². The minimum absolute atomic E-state index is 0.135. The quantitative estimate of drug-likeness (QED) is 0.219. The van der Waals surface area contributed by atoms with E-state index in [4.69, 9.17) is 12.2 Å². The summed E-state index contributed by atoms with van der Waals surface area (Å²) < 4.78 is 3.20.